The summed E-state index contributed by atoms with van der Waals surface area (Å²) in [6.45, 7) is -0.224. The van der Waals surface area contributed by atoms with Gasteiger partial charge in [0.2, 0.25) is 0 Å². The Morgan fingerprint density at radius 3 is 2.53 bits per heavy atom. The molecule has 0 spiro atoms. The molecule has 104 valence electrons. The molecule has 0 N–H and O–H groups in total. The lowest BCUT2D eigenvalue weighted by Gasteiger charge is -2.09. The van der Waals surface area contributed by atoms with Crippen LogP contribution < -0.4 is 0 Å². The van der Waals surface area contributed by atoms with Gasteiger partial charge in [-0.3, -0.25) is 14.9 Å². The smallest absolute Gasteiger partial charge is 0.377 e. The fourth-order valence-corrected chi connectivity index (χ4v) is 1.52. The molecule has 0 fully saturated rings. The van der Waals surface area contributed by atoms with Crippen molar-refractivity contribution in [2.24, 2.45) is 0 Å². The molecule has 0 bridgehead atoms. The summed E-state index contributed by atoms with van der Waals surface area (Å²) >= 11 is 0. The molecule has 0 aromatic heterocycles. The number of rotatable bonds is 5. The summed E-state index contributed by atoms with van der Waals surface area (Å²) in [5, 5.41) is 10.5. The number of alkyl halides is 3. The van der Waals surface area contributed by atoms with Gasteiger partial charge in [-0.2, -0.15) is 13.2 Å². The van der Waals surface area contributed by atoms with Crippen LogP contribution in [0.1, 0.15) is 11.1 Å². The van der Waals surface area contributed by atoms with Gasteiger partial charge < -0.3 is 4.74 Å². The zero-order chi connectivity index (χ0) is 14.6. The predicted octanol–water partition coefficient (Wildman–Crippen LogP) is 2.37. The minimum atomic E-state index is -4.84. The summed E-state index contributed by atoms with van der Waals surface area (Å²) in [6, 6.07) is 2.49. The molecule has 0 unspecified atom stereocenters. The summed E-state index contributed by atoms with van der Waals surface area (Å²) in [5.41, 5.74) is -2.34. The molecule has 1 aromatic carbocycles. The number of hydrogen-bond donors (Lipinski definition) is 0. The van der Waals surface area contributed by atoms with Crippen LogP contribution in [0.25, 0.3) is 0 Å². The molecule has 5 nitrogen and oxygen atoms in total. The fourth-order valence-electron chi connectivity index (χ4n) is 1.52. The van der Waals surface area contributed by atoms with Crippen LogP contribution in [0, 0.1) is 10.1 Å². The molecular weight excluding hydrogens is 267 g/mol. The third-order valence-corrected chi connectivity index (χ3v) is 2.27. The number of ether oxygens (including phenoxy) is 1. The van der Waals surface area contributed by atoms with Crippen molar-refractivity contribution >= 4 is 11.5 Å². The van der Waals surface area contributed by atoms with E-state index >= 15 is 0 Å². The second kappa shape index (κ2) is 5.79. The monoisotopic (exact) mass is 277 g/mol. The Bertz CT molecular complexity index is 499. The molecular formula is C11H10F3NO4. The highest BCUT2D eigenvalue weighted by atomic mass is 19.4. The van der Waals surface area contributed by atoms with Gasteiger partial charge in [-0.1, -0.05) is 6.07 Å². The zero-order valence-electron chi connectivity index (χ0n) is 9.86. The number of methoxy groups -OCH3 is 1. The Balaban J connectivity index is 3.12. The number of benzene rings is 1. The average molecular weight is 277 g/mol. The standard InChI is InChI=1S/C11H10F3NO4/c1-19-6-8(16)4-7-2-3-10(15(17)18)9(5-7)11(12,13)14/h2-3,5H,4,6H2,1H3. The van der Waals surface area contributed by atoms with E-state index in [2.05, 4.69) is 4.74 Å². The number of Topliss-reactive ketones (excluding diaryl/α,β-unsaturated/α-hetero) is 1. The van der Waals surface area contributed by atoms with Crippen molar-refractivity contribution in [2.45, 2.75) is 12.6 Å². The first-order valence-corrected chi connectivity index (χ1v) is 5.11. The van der Waals surface area contributed by atoms with E-state index in [4.69, 9.17) is 0 Å². The van der Waals surface area contributed by atoms with Gasteiger partial charge >= 0.3 is 6.18 Å². The third-order valence-electron chi connectivity index (χ3n) is 2.27. The molecule has 1 rings (SSSR count). The van der Waals surface area contributed by atoms with Crippen LogP contribution in [0.4, 0.5) is 18.9 Å². The summed E-state index contributed by atoms with van der Waals surface area (Å²) < 4.78 is 42.5. The minimum Gasteiger partial charge on any atom is -0.377 e. The van der Waals surface area contributed by atoms with Crippen LogP contribution in [-0.2, 0) is 22.1 Å². The van der Waals surface area contributed by atoms with E-state index < -0.39 is 28.1 Å². The molecule has 0 aliphatic heterocycles. The number of carbonyl (C=O) groups excluding carboxylic acids is 1. The lowest BCUT2D eigenvalue weighted by atomic mass is 10.0. The molecule has 0 atom stereocenters. The fraction of sp³-hybridized carbons (Fsp3) is 0.364. The summed E-state index contributed by atoms with van der Waals surface area (Å²) in [4.78, 5) is 20.7. The van der Waals surface area contributed by atoms with Crippen molar-refractivity contribution in [3.63, 3.8) is 0 Å². The molecule has 0 aliphatic carbocycles. The summed E-state index contributed by atoms with van der Waals surface area (Å²) in [6.07, 6.45) is -5.11. The Kier molecular flexibility index (Phi) is 4.60. The maximum absolute atomic E-state index is 12.7. The van der Waals surface area contributed by atoms with Crippen LogP contribution in [0.5, 0.6) is 0 Å². The Labute approximate surface area is 106 Å². The quantitative estimate of drug-likeness (QED) is 0.612. The molecule has 0 heterocycles. The van der Waals surface area contributed by atoms with Gasteiger partial charge in [0.25, 0.3) is 5.69 Å². The van der Waals surface area contributed by atoms with Crippen molar-refractivity contribution in [1.29, 1.82) is 0 Å². The largest absolute Gasteiger partial charge is 0.423 e. The van der Waals surface area contributed by atoms with Crippen molar-refractivity contribution in [3.05, 3.63) is 39.4 Å². The number of hydrogen-bond acceptors (Lipinski definition) is 4. The summed E-state index contributed by atoms with van der Waals surface area (Å²) in [7, 11) is 1.29. The first-order valence-electron chi connectivity index (χ1n) is 5.11. The van der Waals surface area contributed by atoms with Crippen LogP contribution in [0.3, 0.4) is 0 Å². The number of ketones is 1. The van der Waals surface area contributed by atoms with Crippen LogP contribution in [0.15, 0.2) is 18.2 Å². The van der Waals surface area contributed by atoms with E-state index in [1.807, 2.05) is 0 Å². The second-order valence-corrected chi connectivity index (χ2v) is 3.75. The normalized spacial score (nSPS) is 11.4. The number of halogens is 3. The highest BCUT2D eigenvalue weighted by Crippen LogP contribution is 2.36. The van der Waals surface area contributed by atoms with Crippen molar-refractivity contribution in [1.82, 2.24) is 0 Å². The molecule has 0 saturated heterocycles. The number of nitrogens with zero attached hydrogens (tertiary/aromatic N) is 1. The van der Waals surface area contributed by atoms with Gasteiger partial charge in [0.1, 0.15) is 12.2 Å². The van der Waals surface area contributed by atoms with Crippen LogP contribution >= 0.6 is 0 Å². The average Bonchev–Trinajstić information content (AvgIpc) is 2.27. The first kappa shape index (κ1) is 15.1. The molecule has 19 heavy (non-hydrogen) atoms. The van der Waals surface area contributed by atoms with Gasteiger partial charge in [-0.15, -0.1) is 0 Å². The van der Waals surface area contributed by atoms with Gasteiger partial charge in [0.15, 0.2) is 5.78 Å². The third kappa shape index (κ3) is 4.02. The Morgan fingerprint density at radius 1 is 1.42 bits per heavy atom. The van der Waals surface area contributed by atoms with Gasteiger partial charge in [0.05, 0.1) is 4.92 Å². The zero-order valence-corrected chi connectivity index (χ0v) is 9.86. The lowest BCUT2D eigenvalue weighted by molar-refractivity contribution is -0.388. The van der Waals surface area contributed by atoms with Crippen molar-refractivity contribution in [3.8, 4) is 0 Å². The van der Waals surface area contributed by atoms with E-state index in [1.54, 1.807) is 0 Å². The SMILES string of the molecule is COCC(=O)Cc1ccc([N+](=O)[O-])c(C(F)(F)F)c1. The van der Waals surface area contributed by atoms with Crippen molar-refractivity contribution < 1.29 is 27.6 Å². The van der Waals surface area contributed by atoms with Crippen LogP contribution in [-0.4, -0.2) is 24.4 Å². The predicted molar refractivity (Wildman–Crippen MR) is 58.7 cm³/mol. The molecule has 0 amide bonds. The number of nitro groups is 1. The first-order chi connectivity index (χ1) is 8.75. The number of nitro benzene ring substituents is 1. The van der Waals surface area contributed by atoms with E-state index in [0.717, 1.165) is 12.1 Å². The number of carbonyl (C=O) groups is 1. The minimum absolute atomic E-state index is 0.0555. The maximum Gasteiger partial charge on any atom is 0.423 e. The van der Waals surface area contributed by atoms with Gasteiger partial charge in [-0.05, 0) is 11.6 Å². The highest BCUT2D eigenvalue weighted by molar-refractivity contribution is 5.82. The summed E-state index contributed by atoms with van der Waals surface area (Å²) in [5.74, 6) is -0.413. The van der Waals surface area contributed by atoms with Gasteiger partial charge in [0, 0.05) is 19.6 Å². The molecule has 0 radical (unpaired) electrons. The molecule has 0 aliphatic rings. The maximum atomic E-state index is 12.7. The van der Waals surface area contributed by atoms with Crippen molar-refractivity contribution in [2.75, 3.05) is 13.7 Å². The van der Waals surface area contributed by atoms with E-state index in [1.165, 1.54) is 7.11 Å². The molecule has 1 aromatic rings. The van der Waals surface area contributed by atoms with E-state index in [-0.39, 0.29) is 18.6 Å². The Hall–Kier alpha value is -1.96. The van der Waals surface area contributed by atoms with E-state index in [9.17, 15) is 28.1 Å². The van der Waals surface area contributed by atoms with Crippen LogP contribution in [0.2, 0.25) is 0 Å². The lowest BCUT2D eigenvalue weighted by Crippen LogP contribution is -2.13. The molecule has 8 heteroatoms. The topological polar surface area (TPSA) is 69.4 Å². The highest BCUT2D eigenvalue weighted by Gasteiger charge is 2.38. The second-order valence-electron chi connectivity index (χ2n) is 3.75. The molecule has 0 saturated carbocycles. The Morgan fingerprint density at radius 2 is 2.05 bits per heavy atom. The van der Waals surface area contributed by atoms with E-state index in [0.29, 0.717) is 6.07 Å². The van der Waals surface area contributed by atoms with Gasteiger partial charge in [-0.25, -0.2) is 0 Å².